The van der Waals surface area contributed by atoms with Crippen molar-refractivity contribution in [3.8, 4) is 0 Å². The van der Waals surface area contributed by atoms with Crippen LogP contribution in [-0.2, 0) is 9.47 Å². The maximum Gasteiger partial charge on any atom is 0.0779 e. The van der Waals surface area contributed by atoms with Crippen molar-refractivity contribution >= 4 is 0 Å². The van der Waals surface area contributed by atoms with Crippen molar-refractivity contribution in [3.63, 3.8) is 0 Å². The zero-order valence-electron chi connectivity index (χ0n) is 9.21. The normalized spacial score (nSPS) is 29.4. The fourth-order valence-corrected chi connectivity index (χ4v) is 1.77. The quantitative estimate of drug-likeness (QED) is 0.642. The van der Waals surface area contributed by atoms with Crippen LogP contribution in [0.4, 0.5) is 0 Å². The Morgan fingerprint density at radius 1 is 1.64 bits per heavy atom. The smallest absolute Gasteiger partial charge is 0.0779 e. The molecule has 0 aromatic carbocycles. The molecule has 0 aromatic rings. The summed E-state index contributed by atoms with van der Waals surface area (Å²) >= 11 is 0. The molecule has 1 aliphatic rings. The largest absolute Gasteiger partial charge is 0.383 e. The summed E-state index contributed by atoms with van der Waals surface area (Å²) in [7, 11) is 1.67. The minimum Gasteiger partial charge on any atom is -0.383 e. The predicted molar refractivity (Wildman–Crippen MR) is 56.3 cm³/mol. The second-order valence-electron chi connectivity index (χ2n) is 4.25. The van der Waals surface area contributed by atoms with Crippen LogP contribution in [0.25, 0.3) is 0 Å². The van der Waals surface area contributed by atoms with Crippen molar-refractivity contribution < 1.29 is 9.47 Å². The van der Waals surface area contributed by atoms with E-state index < -0.39 is 0 Å². The van der Waals surface area contributed by atoms with Crippen LogP contribution in [0.3, 0.4) is 0 Å². The first kappa shape index (κ1) is 11.9. The van der Waals surface area contributed by atoms with Crippen molar-refractivity contribution in [1.29, 1.82) is 0 Å². The number of rotatable bonds is 6. The monoisotopic (exact) mass is 202 g/mol. The van der Waals surface area contributed by atoms with Gasteiger partial charge in [-0.2, -0.15) is 0 Å². The van der Waals surface area contributed by atoms with E-state index in [1.807, 2.05) is 0 Å². The van der Waals surface area contributed by atoms with Gasteiger partial charge in [-0.3, -0.25) is 0 Å². The summed E-state index contributed by atoms with van der Waals surface area (Å²) in [6, 6.07) is 0.0741. The van der Waals surface area contributed by atoms with Crippen molar-refractivity contribution in [3.05, 3.63) is 0 Å². The first-order chi connectivity index (χ1) is 6.66. The van der Waals surface area contributed by atoms with Crippen molar-refractivity contribution in [2.75, 3.05) is 33.4 Å². The first-order valence-corrected chi connectivity index (χ1v) is 5.25. The number of ether oxygens (including phenoxy) is 2. The van der Waals surface area contributed by atoms with E-state index in [2.05, 4.69) is 12.2 Å². The molecule has 0 bridgehead atoms. The lowest BCUT2D eigenvalue weighted by Crippen LogP contribution is -2.43. The highest BCUT2D eigenvalue weighted by Gasteiger charge is 2.29. The average Bonchev–Trinajstić information content (AvgIpc) is 2.53. The zero-order valence-corrected chi connectivity index (χ0v) is 9.21. The molecule has 4 nitrogen and oxygen atoms in total. The van der Waals surface area contributed by atoms with Gasteiger partial charge in [0.1, 0.15) is 0 Å². The third-order valence-corrected chi connectivity index (χ3v) is 2.59. The lowest BCUT2D eigenvalue weighted by molar-refractivity contribution is 0.0203. The molecule has 1 aliphatic heterocycles. The van der Waals surface area contributed by atoms with E-state index in [1.54, 1.807) is 7.11 Å². The highest BCUT2D eigenvalue weighted by Crippen LogP contribution is 2.23. The number of hydrogen-bond donors (Lipinski definition) is 2. The summed E-state index contributed by atoms with van der Waals surface area (Å²) in [6.07, 6.45) is 2.31. The van der Waals surface area contributed by atoms with Gasteiger partial charge >= 0.3 is 0 Å². The molecule has 0 radical (unpaired) electrons. The average molecular weight is 202 g/mol. The van der Waals surface area contributed by atoms with Crippen molar-refractivity contribution in [2.45, 2.75) is 31.4 Å². The molecule has 4 heteroatoms. The van der Waals surface area contributed by atoms with Crippen LogP contribution < -0.4 is 11.1 Å². The second kappa shape index (κ2) is 5.66. The van der Waals surface area contributed by atoms with Gasteiger partial charge in [0.15, 0.2) is 0 Å². The molecule has 0 saturated carbocycles. The SMILES string of the molecule is COCC(N)CNCC1(C)CCCO1. The Morgan fingerprint density at radius 2 is 2.43 bits per heavy atom. The molecule has 0 spiro atoms. The van der Waals surface area contributed by atoms with Gasteiger partial charge < -0.3 is 20.5 Å². The predicted octanol–water partition coefficient (Wildman–Crippen LogP) is 0.119. The number of nitrogens with two attached hydrogens (primary N) is 1. The molecule has 1 fully saturated rings. The minimum atomic E-state index is 0.0206. The van der Waals surface area contributed by atoms with Crippen LogP contribution in [0.2, 0.25) is 0 Å². The summed E-state index contributed by atoms with van der Waals surface area (Å²) in [5.41, 5.74) is 5.80. The van der Waals surface area contributed by atoms with Gasteiger partial charge in [0.2, 0.25) is 0 Å². The van der Waals surface area contributed by atoms with E-state index in [4.69, 9.17) is 15.2 Å². The molecule has 84 valence electrons. The van der Waals surface area contributed by atoms with E-state index in [0.717, 1.165) is 26.1 Å². The van der Waals surface area contributed by atoms with Gasteiger partial charge in [-0.1, -0.05) is 0 Å². The summed E-state index contributed by atoms with van der Waals surface area (Å²) in [5, 5.41) is 3.32. The Bertz CT molecular complexity index is 158. The van der Waals surface area contributed by atoms with E-state index in [0.29, 0.717) is 6.61 Å². The lowest BCUT2D eigenvalue weighted by atomic mass is 10.0. The van der Waals surface area contributed by atoms with Crippen LogP contribution in [0, 0.1) is 0 Å². The van der Waals surface area contributed by atoms with Crippen LogP contribution in [0.15, 0.2) is 0 Å². The van der Waals surface area contributed by atoms with Gasteiger partial charge in [0, 0.05) is 32.8 Å². The van der Waals surface area contributed by atoms with Gasteiger partial charge in [-0.25, -0.2) is 0 Å². The Kier molecular flexibility index (Phi) is 4.81. The van der Waals surface area contributed by atoms with Crippen molar-refractivity contribution in [1.82, 2.24) is 5.32 Å². The van der Waals surface area contributed by atoms with Crippen LogP contribution in [0.5, 0.6) is 0 Å². The lowest BCUT2D eigenvalue weighted by Gasteiger charge is -2.24. The zero-order chi connectivity index (χ0) is 10.4. The van der Waals surface area contributed by atoms with E-state index in [9.17, 15) is 0 Å². The standard InChI is InChI=1S/C10H22N2O2/c1-10(4-3-5-14-10)8-12-6-9(11)7-13-2/h9,12H,3-8,11H2,1-2H3. The summed E-state index contributed by atoms with van der Waals surface area (Å²) in [6.45, 7) is 5.30. The molecule has 0 aliphatic carbocycles. The molecule has 0 amide bonds. The minimum absolute atomic E-state index is 0.0206. The number of nitrogens with one attached hydrogen (secondary N) is 1. The third-order valence-electron chi connectivity index (χ3n) is 2.59. The summed E-state index contributed by atoms with van der Waals surface area (Å²) < 4.78 is 10.6. The Labute approximate surface area is 86.1 Å². The van der Waals surface area contributed by atoms with E-state index in [1.165, 1.54) is 6.42 Å². The van der Waals surface area contributed by atoms with Crippen molar-refractivity contribution in [2.24, 2.45) is 5.73 Å². The molecule has 3 N–H and O–H groups in total. The molecular weight excluding hydrogens is 180 g/mol. The third kappa shape index (κ3) is 3.92. The summed E-state index contributed by atoms with van der Waals surface area (Å²) in [5.74, 6) is 0. The number of hydrogen-bond acceptors (Lipinski definition) is 4. The number of methoxy groups -OCH3 is 1. The maximum atomic E-state index is 5.78. The Balaban J connectivity index is 2.08. The van der Waals surface area contributed by atoms with Crippen LogP contribution >= 0.6 is 0 Å². The fraction of sp³-hybridized carbons (Fsp3) is 1.00. The highest BCUT2D eigenvalue weighted by atomic mass is 16.5. The van der Waals surface area contributed by atoms with Gasteiger partial charge in [-0.05, 0) is 19.8 Å². The molecule has 1 rings (SSSR count). The molecule has 2 unspecified atom stereocenters. The van der Waals surface area contributed by atoms with Gasteiger partial charge in [0.25, 0.3) is 0 Å². The maximum absolute atomic E-state index is 5.78. The molecule has 1 heterocycles. The fourth-order valence-electron chi connectivity index (χ4n) is 1.77. The Morgan fingerprint density at radius 3 is 3.00 bits per heavy atom. The molecule has 0 aromatic heterocycles. The molecular formula is C10H22N2O2. The topological polar surface area (TPSA) is 56.5 Å². The van der Waals surface area contributed by atoms with Crippen LogP contribution in [-0.4, -0.2) is 45.1 Å². The van der Waals surface area contributed by atoms with Crippen LogP contribution in [0.1, 0.15) is 19.8 Å². The van der Waals surface area contributed by atoms with Gasteiger partial charge in [0.05, 0.1) is 12.2 Å². The van der Waals surface area contributed by atoms with E-state index >= 15 is 0 Å². The van der Waals surface area contributed by atoms with Gasteiger partial charge in [-0.15, -0.1) is 0 Å². The molecule has 14 heavy (non-hydrogen) atoms. The second-order valence-corrected chi connectivity index (χ2v) is 4.25. The first-order valence-electron chi connectivity index (χ1n) is 5.25. The van der Waals surface area contributed by atoms with E-state index in [-0.39, 0.29) is 11.6 Å². The Hall–Kier alpha value is -0.160. The summed E-state index contributed by atoms with van der Waals surface area (Å²) in [4.78, 5) is 0. The highest BCUT2D eigenvalue weighted by molar-refractivity contribution is 4.83. The molecule has 2 atom stereocenters. The molecule has 1 saturated heterocycles.